The van der Waals surface area contributed by atoms with Crippen LogP contribution < -0.4 is 5.32 Å². The van der Waals surface area contributed by atoms with E-state index in [1.807, 2.05) is 57.3 Å². The minimum atomic E-state index is -3.32. The first-order valence-electron chi connectivity index (χ1n) is 19.4. The highest BCUT2D eigenvalue weighted by atomic mass is 32.2. The topological polar surface area (TPSA) is 107 Å². The van der Waals surface area contributed by atoms with Crippen LogP contribution >= 0.6 is 0 Å². The summed E-state index contributed by atoms with van der Waals surface area (Å²) in [6, 6.07) is 22.6. The number of piperidine rings is 1. The third kappa shape index (κ3) is 13.2. The molecule has 5 rings (SSSR count). The maximum atomic E-state index is 12.9. The number of nitrogens with one attached hydrogen (secondary N) is 1. The number of likely N-dealkylation sites (N-methyl/N-ethyl adjacent to an activating group) is 1. The van der Waals surface area contributed by atoms with Gasteiger partial charge in [-0.3, -0.25) is 4.21 Å². The molecule has 2 heterocycles. The molecule has 0 saturated carbocycles. The maximum Gasteiger partial charge on any atom is 0.243 e. The molecule has 310 valence electrons. The lowest BCUT2D eigenvalue weighted by atomic mass is 10.0. The van der Waals surface area contributed by atoms with Gasteiger partial charge in [0.1, 0.15) is 0 Å². The van der Waals surface area contributed by atoms with E-state index in [-0.39, 0.29) is 12.7 Å². The summed E-state index contributed by atoms with van der Waals surface area (Å²) in [4.78, 5) is 3.85. The van der Waals surface area contributed by atoms with Crippen molar-refractivity contribution in [2.45, 2.75) is 113 Å². The third-order valence-corrected chi connectivity index (χ3v) is 16.9. The van der Waals surface area contributed by atoms with Gasteiger partial charge in [0.15, 0.2) is 0 Å². The first kappa shape index (κ1) is 48.6. The quantitative estimate of drug-likeness (QED) is 0.197. The minimum Gasteiger partial charge on any atom is -0.317 e. The van der Waals surface area contributed by atoms with E-state index in [2.05, 4.69) is 69.8 Å². The molecule has 2 saturated heterocycles. The molecule has 1 atom stereocenters. The summed E-state index contributed by atoms with van der Waals surface area (Å²) < 4.78 is 65.3. The van der Waals surface area contributed by atoms with Crippen LogP contribution in [0.15, 0.2) is 87.5 Å². The fourth-order valence-electron chi connectivity index (χ4n) is 6.39. The van der Waals surface area contributed by atoms with Crippen LogP contribution in [0.4, 0.5) is 0 Å². The van der Waals surface area contributed by atoms with Crippen LogP contribution in [0, 0.1) is 0 Å². The van der Waals surface area contributed by atoms with Gasteiger partial charge >= 0.3 is 0 Å². The van der Waals surface area contributed by atoms with Gasteiger partial charge in [-0.2, -0.15) is 8.61 Å². The van der Waals surface area contributed by atoms with Gasteiger partial charge in [-0.1, -0.05) is 99.2 Å². The Morgan fingerprint density at radius 2 is 1.00 bits per heavy atom. The van der Waals surface area contributed by atoms with Crippen molar-refractivity contribution in [2.75, 3.05) is 59.4 Å². The van der Waals surface area contributed by atoms with E-state index in [0.717, 1.165) is 55.0 Å². The standard InChI is InChI=1S/C15H23NOS.C14H22N2O2S.C13H21NO2S.CH4/c1-12(2)13-4-6-14(7-5-13)18(3,17)15-8-10-16-11-9-15;1-12(2)13-4-6-14(7-5-13)19(17,18)16-10-8-15(3)9-11-16;1-5-14(6-2)17(15,16)13-9-7-12(8-10-13)11(3)4;/h4-7,12,15-16H,3,8-11H2,1-2H3;4-7,12H,8-11H2,1-3H3;7-11H,5-6H2,1-4H3;1H4. The fourth-order valence-corrected chi connectivity index (χ4v) is 11.3. The Bertz CT molecular complexity index is 1890. The lowest BCUT2D eigenvalue weighted by molar-refractivity contribution is 0.222. The second kappa shape index (κ2) is 21.8. The molecule has 3 aromatic rings. The van der Waals surface area contributed by atoms with Crippen molar-refractivity contribution >= 4 is 35.4 Å². The lowest BCUT2D eigenvalue weighted by Crippen LogP contribution is -2.46. The van der Waals surface area contributed by atoms with E-state index in [1.165, 1.54) is 9.87 Å². The Balaban J connectivity index is 0.000000283. The second-order valence-electron chi connectivity index (χ2n) is 15.1. The fraction of sp³-hybridized carbons (Fsp3) is 0.558. The largest absolute Gasteiger partial charge is 0.317 e. The highest BCUT2D eigenvalue weighted by Gasteiger charge is 2.27. The molecule has 2 fully saturated rings. The molecule has 9 nitrogen and oxygen atoms in total. The van der Waals surface area contributed by atoms with Gasteiger partial charge in [0.2, 0.25) is 20.0 Å². The molecule has 3 aromatic carbocycles. The van der Waals surface area contributed by atoms with Gasteiger partial charge in [-0.25, -0.2) is 16.8 Å². The smallest absolute Gasteiger partial charge is 0.243 e. The van der Waals surface area contributed by atoms with Crippen molar-refractivity contribution in [1.29, 1.82) is 0 Å². The predicted octanol–water partition coefficient (Wildman–Crippen LogP) is 7.86. The van der Waals surface area contributed by atoms with Gasteiger partial charge in [0.25, 0.3) is 0 Å². The summed E-state index contributed by atoms with van der Waals surface area (Å²) in [5, 5.41) is 3.53. The van der Waals surface area contributed by atoms with Crippen LogP contribution in [0.3, 0.4) is 0 Å². The van der Waals surface area contributed by atoms with Crippen molar-refractivity contribution in [3.63, 3.8) is 0 Å². The zero-order valence-corrected chi connectivity index (χ0v) is 36.6. The lowest BCUT2D eigenvalue weighted by Gasteiger charge is -2.31. The molecular formula is C43H70N4O5S3. The van der Waals surface area contributed by atoms with Crippen LogP contribution in [-0.4, -0.2) is 105 Å². The van der Waals surface area contributed by atoms with E-state index in [1.54, 1.807) is 28.6 Å². The molecule has 1 unspecified atom stereocenters. The van der Waals surface area contributed by atoms with E-state index in [4.69, 9.17) is 0 Å². The van der Waals surface area contributed by atoms with Crippen LogP contribution in [0.1, 0.15) is 110 Å². The molecule has 12 heteroatoms. The van der Waals surface area contributed by atoms with E-state index >= 15 is 0 Å². The van der Waals surface area contributed by atoms with Gasteiger partial charge in [-0.05, 0) is 119 Å². The summed E-state index contributed by atoms with van der Waals surface area (Å²) in [6.07, 6.45) is 1.93. The van der Waals surface area contributed by atoms with Crippen LogP contribution in [0.5, 0.6) is 0 Å². The van der Waals surface area contributed by atoms with Gasteiger partial charge in [0, 0.05) is 49.4 Å². The Morgan fingerprint density at radius 3 is 1.36 bits per heavy atom. The predicted molar refractivity (Wildman–Crippen MR) is 234 cm³/mol. The monoisotopic (exact) mass is 818 g/mol. The Labute approximate surface area is 336 Å². The summed E-state index contributed by atoms with van der Waals surface area (Å²) in [5.74, 6) is 5.39. The Hall–Kier alpha value is -2.58. The van der Waals surface area contributed by atoms with Crippen LogP contribution in [-0.2, 0) is 29.6 Å². The number of nitrogens with zero attached hydrogens (tertiary/aromatic N) is 3. The molecule has 0 bridgehead atoms. The van der Waals surface area contributed by atoms with Gasteiger partial charge in [0.05, 0.1) is 9.79 Å². The van der Waals surface area contributed by atoms with E-state index in [0.29, 0.717) is 53.7 Å². The molecule has 0 spiro atoms. The molecule has 55 heavy (non-hydrogen) atoms. The average molecular weight is 819 g/mol. The summed E-state index contributed by atoms with van der Waals surface area (Å²) >= 11 is 0. The van der Waals surface area contributed by atoms with Crippen molar-refractivity contribution < 1.29 is 21.0 Å². The molecule has 0 radical (unpaired) electrons. The molecule has 0 amide bonds. The number of benzene rings is 3. The maximum absolute atomic E-state index is 12.9. The number of sulfonamides is 2. The Morgan fingerprint density at radius 1 is 0.636 bits per heavy atom. The van der Waals surface area contributed by atoms with Crippen LogP contribution in [0.25, 0.3) is 0 Å². The zero-order valence-electron chi connectivity index (χ0n) is 34.1. The zero-order chi connectivity index (χ0) is 40.3. The third-order valence-electron chi connectivity index (χ3n) is 10.3. The van der Waals surface area contributed by atoms with E-state index < -0.39 is 29.6 Å². The van der Waals surface area contributed by atoms with Crippen molar-refractivity contribution in [3.05, 3.63) is 89.5 Å². The number of piperazine rings is 1. The minimum absolute atomic E-state index is 0. The normalized spacial score (nSPS) is 17.2. The molecule has 2 aliphatic rings. The van der Waals surface area contributed by atoms with Crippen molar-refractivity contribution in [3.8, 4) is 0 Å². The number of hydrogen-bond acceptors (Lipinski definition) is 7. The van der Waals surface area contributed by atoms with Gasteiger partial charge in [-0.15, -0.1) is 0 Å². The summed E-state index contributed by atoms with van der Waals surface area (Å²) in [5.41, 5.74) is 3.61. The number of hydrogen-bond donors (Lipinski definition) is 1. The Kier molecular flexibility index (Phi) is 19.3. The summed E-state index contributed by atoms with van der Waals surface area (Å²) in [6.45, 7) is 22.1. The first-order chi connectivity index (χ1) is 25.4. The van der Waals surface area contributed by atoms with Crippen molar-refractivity contribution in [2.24, 2.45) is 0 Å². The van der Waals surface area contributed by atoms with E-state index in [9.17, 15) is 21.0 Å². The summed E-state index contributed by atoms with van der Waals surface area (Å²) in [7, 11) is -6.76. The highest BCUT2D eigenvalue weighted by Crippen LogP contribution is 2.25. The SMILES string of the molecule is C.C=S(=O)(c1ccc(C(C)C)cc1)C1CCNCC1.CC(C)c1ccc(S(=O)(=O)N2CCN(C)CC2)cc1.CCN(CC)S(=O)(=O)c1ccc(C(C)C)cc1. The molecular weight excluding hydrogens is 749 g/mol. The molecule has 2 aliphatic heterocycles. The molecule has 0 aliphatic carbocycles. The molecule has 1 N–H and O–H groups in total. The van der Waals surface area contributed by atoms with Crippen LogP contribution in [0.2, 0.25) is 0 Å². The second-order valence-corrected chi connectivity index (χ2v) is 21.6. The molecule has 0 aromatic heterocycles. The van der Waals surface area contributed by atoms with Gasteiger partial charge < -0.3 is 10.2 Å². The van der Waals surface area contributed by atoms with Crippen molar-refractivity contribution in [1.82, 2.24) is 18.8 Å². The highest BCUT2D eigenvalue weighted by molar-refractivity contribution is 8.00. The first-order valence-corrected chi connectivity index (χ1v) is 24.1. The average Bonchev–Trinajstić information content (AvgIpc) is 3.16. The number of rotatable bonds is 11.